The van der Waals surface area contributed by atoms with Crippen LogP contribution in [0, 0.1) is 19.8 Å². The predicted molar refractivity (Wildman–Crippen MR) is 75.6 cm³/mol. The summed E-state index contributed by atoms with van der Waals surface area (Å²) in [7, 11) is 0. The van der Waals surface area contributed by atoms with Crippen LogP contribution in [0.1, 0.15) is 35.5 Å². The number of aryl methyl sites for hydroxylation is 2. The maximum Gasteiger partial charge on any atom is 0.0900 e. The molecule has 4 heteroatoms. The third-order valence-corrected chi connectivity index (χ3v) is 4.71. The highest BCUT2D eigenvalue weighted by Gasteiger charge is 2.13. The van der Waals surface area contributed by atoms with Crippen LogP contribution in [0.2, 0.25) is 0 Å². The third-order valence-electron chi connectivity index (χ3n) is 2.56. The van der Waals surface area contributed by atoms with Crippen molar-refractivity contribution in [2.45, 2.75) is 33.7 Å². The molecule has 0 radical (unpaired) electrons. The topological polar surface area (TPSA) is 24.9 Å². The van der Waals surface area contributed by atoms with E-state index in [1.54, 1.807) is 0 Å². The minimum atomic E-state index is 0.426. The van der Waals surface area contributed by atoms with Gasteiger partial charge in [-0.3, -0.25) is 0 Å². The number of nitrogens with one attached hydrogen (secondary N) is 1. The van der Waals surface area contributed by atoms with Gasteiger partial charge in [0.1, 0.15) is 0 Å². The summed E-state index contributed by atoms with van der Waals surface area (Å²) in [6, 6.07) is 0.426. The third kappa shape index (κ3) is 4.07. The number of hydrogen-bond acceptors (Lipinski definition) is 4. The standard InChI is InChI=1S/C12H22N2S2/c1-8(7-15-5)6-13-9(2)12-10(3)14-11(4)16-12/h8-9,13H,6-7H2,1-5H3. The molecule has 2 nitrogen and oxygen atoms in total. The molecule has 92 valence electrons. The van der Waals surface area contributed by atoms with Gasteiger partial charge >= 0.3 is 0 Å². The fourth-order valence-corrected chi connectivity index (χ4v) is 3.40. The fourth-order valence-electron chi connectivity index (χ4n) is 1.76. The fraction of sp³-hybridized carbons (Fsp3) is 0.750. The number of thiazole rings is 1. The van der Waals surface area contributed by atoms with Crippen molar-refractivity contribution < 1.29 is 0 Å². The van der Waals surface area contributed by atoms with Gasteiger partial charge < -0.3 is 5.32 Å². The monoisotopic (exact) mass is 258 g/mol. The quantitative estimate of drug-likeness (QED) is 0.846. The molecule has 0 aromatic carbocycles. The summed E-state index contributed by atoms with van der Waals surface area (Å²) in [4.78, 5) is 5.85. The molecule has 0 spiro atoms. The number of rotatable bonds is 6. The molecular formula is C12H22N2S2. The lowest BCUT2D eigenvalue weighted by Crippen LogP contribution is -2.25. The van der Waals surface area contributed by atoms with E-state index in [1.165, 1.54) is 21.3 Å². The van der Waals surface area contributed by atoms with E-state index in [-0.39, 0.29) is 0 Å². The van der Waals surface area contributed by atoms with E-state index in [2.05, 4.69) is 44.3 Å². The molecule has 1 N–H and O–H groups in total. The van der Waals surface area contributed by atoms with Gasteiger partial charge in [0.05, 0.1) is 10.7 Å². The zero-order chi connectivity index (χ0) is 12.1. The van der Waals surface area contributed by atoms with E-state index in [1.807, 2.05) is 23.1 Å². The van der Waals surface area contributed by atoms with Crippen molar-refractivity contribution >= 4 is 23.1 Å². The van der Waals surface area contributed by atoms with E-state index < -0.39 is 0 Å². The van der Waals surface area contributed by atoms with Crippen LogP contribution in [0.4, 0.5) is 0 Å². The summed E-state index contributed by atoms with van der Waals surface area (Å²) in [6.07, 6.45) is 2.16. The lowest BCUT2D eigenvalue weighted by atomic mass is 10.2. The highest BCUT2D eigenvalue weighted by molar-refractivity contribution is 7.98. The Balaban J connectivity index is 2.46. The number of nitrogens with zero attached hydrogens (tertiary/aromatic N) is 1. The Kier molecular flexibility index (Phi) is 5.79. The average Bonchev–Trinajstić information content (AvgIpc) is 2.55. The van der Waals surface area contributed by atoms with Crippen LogP contribution in [0.25, 0.3) is 0 Å². The van der Waals surface area contributed by atoms with Gasteiger partial charge in [0.2, 0.25) is 0 Å². The maximum absolute atomic E-state index is 4.47. The van der Waals surface area contributed by atoms with Crippen LogP contribution in [0.5, 0.6) is 0 Å². The first-order valence-electron chi connectivity index (χ1n) is 5.70. The Morgan fingerprint density at radius 2 is 2.06 bits per heavy atom. The molecule has 0 fully saturated rings. The van der Waals surface area contributed by atoms with Crippen molar-refractivity contribution in [3.63, 3.8) is 0 Å². The zero-order valence-corrected chi connectivity index (χ0v) is 12.5. The summed E-state index contributed by atoms with van der Waals surface area (Å²) in [5.74, 6) is 1.95. The van der Waals surface area contributed by atoms with Crippen LogP contribution >= 0.6 is 23.1 Å². The molecule has 2 unspecified atom stereocenters. The summed E-state index contributed by atoms with van der Waals surface area (Å²) >= 11 is 3.72. The van der Waals surface area contributed by atoms with Crippen molar-refractivity contribution in [2.75, 3.05) is 18.6 Å². The van der Waals surface area contributed by atoms with Gasteiger partial charge in [-0.2, -0.15) is 11.8 Å². The van der Waals surface area contributed by atoms with Crippen molar-refractivity contribution in [1.82, 2.24) is 10.3 Å². The predicted octanol–water partition coefficient (Wildman–Crippen LogP) is 3.41. The molecule has 0 aliphatic heterocycles. The van der Waals surface area contributed by atoms with Crippen LogP contribution in [0.15, 0.2) is 0 Å². The minimum absolute atomic E-state index is 0.426. The van der Waals surface area contributed by atoms with E-state index in [0.717, 1.165) is 12.5 Å². The van der Waals surface area contributed by atoms with Crippen LogP contribution < -0.4 is 5.32 Å². The van der Waals surface area contributed by atoms with E-state index in [0.29, 0.717) is 6.04 Å². The van der Waals surface area contributed by atoms with Crippen LogP contribution in [0.3, 0.4) is 0 Å². The molecule has 1 aromatic rings. The number of aromatic nitrogens is 1. The number of hydrogen-bond donors (Lipinski definition) is 1. The van der Waals surface area contributed by atoms with Gasteiger partial charge in [0, 0.05) is 10.9 Å². The van der Waals surface area contributed by atoms with Gasteiger partial charge in [-0.25, -0.2) is 4.98 Å². The minimum Gasteiger partial charge on any atom is -0.309 e. The average molecular weight is 258 g/mol. The molecule has 1 aromatic heterocycles. The first-order chi connectivity index (χ1) is 7.54. The highest BCUT2D eigenvalue weighted by atomic mass is 32.2. The molecule has 16 heavy (non-hydrogen) atoms. The Morgan fingerprint density at radius 1 is 1.38 bits per heavy atom. The molecule has 1 heterocycles. The van der Waals surface area contributed by atoms with Gasteiger partial charge in [-0.05, 0) is 45.2 Å². The Hall–Kier alpha value is -0.0600. The molecular weight excluding hydrogens is 236 g/mol. The van der Waals surface area contributed by atoms with Gasteiger partial charge in [0.15, 0.2) is 0 Å². The summed E-state index contributed by atoms with van der Waals surface area (Å²) in [5, 5.41) is 4.76. The molecule has 0 amide bonds. The van der Waals surface area contributed by atoms with E-state index >= 15 is 0 Å². The lowest BCUT2D eigenvalue weighted by molar-refractivity contribution is 0.504. The van der Waals surface area contributed by atoms with E-state index in [4.69, 9.17) is 0 Å². The second kappa shape index (κ2) is 6.62. The number of thioether (sulfide) groups is 1. The summed E-state index contributed by atoms with van der Waals surface area (Å²) < 4.78 is 0. The van der Waals surface area contributed by atoms with Gasteiger partial charge in [-0.1, -0.05) is 6.92 Å². The summed E-state index contributed by atoms with van der Waals surface area (Å²) in [6.45, 7) is 9.78. The molecule has 0 saturated carbocycles. The molecule has 1 rings (SSSR count). The summed E-state index contributed by atoms with van der Waals surface area (Å²) in [5.41, 5.74) is 1.18. The second-order valence-corrected chi connectivity index (χ2v) is 6.52. The lowest BCUT2D eigenvalue weighted by Gasteiger charge is -2.16. The molecule has 0 aliphatic rings. The first-order valence-corrected chi connectivity index (χ1v) is 7.91. The van der Waals surface area contributed by atoms with Crippen molar-refractivity contribution in [3.05, 3.63) is 15.6 Å². The van der Waals surface area contributed by atoms with E-state index in [9.17, 15) is 0 Å². The van der Waals surface area contributed by atoms with Crippen LogP contribution in [-0.4, -0.2) is 23.5 Å². The normalized spacial score (nSPS) is 15.1. The van der Waals surface area contributed by atoms with Gasteiger partial charge in [-0.15, -0.1) is 11.3 Å². The zero-order valence-electron chi connectivity index (χ0n) is 10.8. The first kappa shape index (κ1) is 14.0. The molecule has 2 atom stereocenters. The smallest absolute Gasteiger partial charge is 0.0900 e. The molecule has 0 bridgehead atoms. The largest absolute Gasteiger partial charge is 0.309 e. The molecule has 0 aliphatic carbocycles. The van der Waals surface area contributed by atoms with Crippen LogP contribution in [-0.2, 0) is 0 Å². The Labute approximate surface area is 107 Å². The highest BCUT2D eigenvalue weighted by Crippen LogP contribution is 2.24. The maximum atomic E-state index is 4.47. The Morgan fingerprint density at radius 3 is 2.56 bits per heavy atom. The Bertz CT molecular complexity index is 323. The molecule has 0 saturated heterocycles. The van der Waals surface area contributed by atoms with Gasteiger partial charge in [0.25, 0.3) is 0 Å². The SMILES string of the molecule is CSCC(C)CNC(C)c1sc(C)nc1C. The van der Waals surface area contributed by atoms with Crippen molar-refractivity contribution in [3.8, 4) is 0 Å². The van der Waals surface area contributed by atoms with Crippen molar-refractivity contribution in [1.29, 1.82) is 0 Å². The second-order valence-electron chi connectivity index (χ2n) is 4.37. The van der Waals surface area contributed by atoms with Crippen molar-refractivity contribution in [2.24, 2.45) is 5.92 Å².